The second-order valence-corrected chi connectivity index (χ2v) is 11.5. The minimum absolute atomic E-state index is 0.179. The van der Waals surface area contributed by atoms with E-state index in [0.717, 1.165) is 61.0 Å². The van der Waals surface area contributed by atoms with E-state index in [1.807, 2.05) is 31.2 Å². The van der Waals surface area contributed by atoms with Crippen LogP contribution in [0.15, 0.2) is 42.5 Å². The molecule has 2 fully saturated rings. The molecule has 0 N–H and O–H groups in total. The van der Waals surface area contributed by atoms with Crippen molar-refractivity contribution < 1.29 is 28.4 Å². The summed E-state index contributed by atoms with van der Waals surface area (Å²) in [6, 6.07) is 14.0. The molecule has 0 saturated carbocycles. The summed E-state index contributed by atoms with van der Waals surface area (Å²) in [5, 5.41) is 0.668. The Hall–Kier alpha value is -2.11. The number of rotatable bonds is 17. The maximum atomic E-state index is 6.87. The lowest BCUT2D eigenvalue weighted by atomic mass is 9.83. The molecule has 0 spiro atoms. The van der Waals surface area contributed by atoms with Gasteiger partial charge in [-0.05, 0) is 68.0 Å². The fourth-order valence-corrected chi connectivity index (χ4v) is 5.81. The summed E-state index contributed by atoms with van der Waals surface area (Å²) >= 11 is 6.75. The zero-order valence-electron chi connectivity index (χ0n) is 25.7. The van der Waals surface area contributed by atoms with Crippen molar-refractivity contribution in [2.75, 3.05) is 33.0 Å². The molecule has 2 saturated heterocycles. The van der Waals surface area contributed by atoms with E-state index >= 15 is 0 Å². The van der Waals surface area contributed by atoms with E-state index in [1.165, 1.54) is 0 Å². The molecular weight excluding hydrogens is 552 g/mol. The van der Waals surface area contributed by atoms with Crippen molar-refractivity contribution >= 4 is 11.6 Å². The normalized spacial score (nSPS) is 26.7. The molecule has 7 heteroatoms. The van der Waals surface area contributed by atoms with E-state index in [0.29, 0.717) is 37.9 Å². The van der Waals surface area contributed by atoms with Gasteiger partial charge < -0.3 is 28.4 Å². The third kappa shape index (κ3) is 7.16. The van der Waals surface area contributed by atoms with Crippen LogP contribution in [0.4, 0.5) is 0 Å². The molecule has 2 aromatic rings. The third-order valence-corrected chi connectivity index (χ3v) is 8.35. The molecule has 5 atom stereocenters. The van der Waals surface area contributed by atoms with Crippen molar-refractivity contribution in [1.29, 1.82) is 0 Å². The number of benzene rings is 2. The van der Waals surface area contributed by atoms with Gasteiger partial charge in [-0.3, -0.25) is 0 Å². The van der Waals surface area contributed by atoms with Crippen LogP contribution in [0.5, 0.6) is 5.75 Å². The van der Waals surface area contributed by atoms with Gasteiger partial charge in [0.1, 0.15) is 24.1 Å². The molecule has 2 bridgehead atoms. The van der Waals surface area contributed by atoms with E-state index in [4.69, 9.17) is 46.4 Å². The van der Waals surface area contributed by atoms with Crippen LogP contribution < -0.4 is 4.74 Å². The summed E-state index contributed by atoms with van der Waals surface area (Å²) in [6.07, 6.45) is 11.0. The quantitative estimate of drug-likeness (QED) is 0.139. The van der Waals surface area contributed by atoms with Gasteiger partial charge in [0.2, 0.25) is 5.79 Å². The molecule has 0 aliphatic carbocycles. The predicted molar refractivity (Wildman–Crippen MR) is 166 cm³/mol. The number of ether oxygens (including phenoxy) is 6. The van der Waals surface area contributed by atoms with Gasteiger partial charge in [0.15, 0.2) is 5.60 Å². The average Bonchev–Trinajstić information content (AvgIpc) is 3.36. The zero-order chi connectivity index (χ0) is 30.0. The molecular formula is C35H47ClO6. The van der Waals surface area contributed by atoms with Crippen LogP contribution in [0.3, 0.4) is 0 Å². The van der Waals surface area contributed by atoms with Crippen LogP contribution in [0, 0.1) is 12.3 Å². The largest absolute Gasteiger partial charge is 0.494 e. The first kappa shape index (κ1) is 32.8. The van der Waals surface area contributed by atoms with Gasteiger partial charge >= 0.3 is 0 Å². The highest BCUT2D eigenvalue weighted by Crippen LogP contribution is 2.52. The monoisotopic (exact) mass is 598 g/mol. The Balaban J connectivity index is 1.73. The van der Waals surface area contributed by atoms with Gasteiger partial charge in [-0.1, -0.05) is 75.8 Å². The number of terminal acetylenes is 1. The summed E-state index contributed by atoms with van der Waals surface area (Å²) in [7, 11) is 0. The summed E-state index contributed by atoms with van der Waals surface area (Å²) in [6.45, 7) is 10.9. The highest BCUT2D eigenvalue weighted by atomic mass is 35.5. The van der Waals surface area contributed by atoms with E-state index in [-0.39, 0.29) is 6.61 Å². The molecule has 0 radical (unpaired) electrons. The summed E-state index contributed by atoms with van der Waals surface area (Å²) in [5.74, 6) is 2.51. The Morgan fingerprint density at radius 2 is 1.52 bits per heavy atom. The topological polar surface area (TPSA) is 55.4 Å². The summed E-state index contributed by atoms with van der Waals surface area (Å²) in [4.78, 5) is 0. The van der Waals surface area contributed by atoms with Crippen molar-refractivity contribution in [3.8, 4) is 18.1 Å². The first-order valence-corrected chi connectivity index (χ1v) is 16.0. The Morgan fingerprint density at radius 3 is 2.14 bits per heavy atom. The molecule has 4 rings (SSSR count). The Morgan fingerprint density at radius 1 is 0.881 bits per heavy atom. The smallest absolute Gasteiger partial charge is 0.226 e. The molecule has 230 valence electrons. The van der Waals surface area contributed by atoms with Crippen molar-refractivity contribution in [2.24, 2.45) is 0 Å². The van der Waals surface area contributed by atoms with E-state index in [1.54, 1.807) is 0 Å². The molecule has 0 unspecified atom stereocenters. The van der Waals surface area contributed by atoms with Crippen LogP contribution >= 0.6 is 11.6 Å². The third-order valence-electron chi connectivity index (χ3n) is 7.99. The van der Waals surface area contributed by atoms with Gasteiger partial charge in [-0.2, -0.15) is 0 Å². The van der Waals surface area contributed by atoms with Crippen LogP contribution in [0.1, 0.15) is 82.9 Å². The van der Waals surface area contributed by atoms with Crippen molar-refractivity contribution in [3.63, 3.8) is 0 Å². The lowest BCUT2D eigenvalue weighted by Gasteiger charge is -2.49. The Labute approximate surface area is 257 Å². The second-order valence-electron chi connectivity index (χ2n) is 11.1. The maximum absolute atomic E-state index is 6.87. The number of hydrogen-bond donors (Lipinski definition) is 0. The van der Waals surface area contributed by atoms with Gasteiger partial charge in [0.05, 0.1) is 13.2 Å². The van der Waals surface area contributed by atoms with Crippen LogP contribution in [0.25, 0.3) is 0 Å². The molecule has 2 aliphatic heterocycles. The second kappa shape index (κ2) is 15.6. The number of fused-ring (bicyclic) bond motifs is 2. The lowest BCUT2D eigenvalue weighted by Crippen LogP contribution is -2.66. The van der Waals surface area contributed by atoms with Gasteiger partial charge in [-0.25, -0.2) is 0 Å². The maximum Gasteiger partial charge on any atom is 0.226 e. The molecule has 42 heavy (non-hydrogen) atoms. The van der Waals surface area contributed by atoms with Crippen molar-refractivity contribution in [1.82, 2.24) is 0 Å². The van der Waals surface area contributed by atoms with Gasteiger partial charge in [0, 0.05) is 30.4 Å². The average molecular weight is 599 g/mol. The molecule has 0 amide bonds. The Kier molecular flexibility index (Phi) is 12.2. The molecule has 2 heterocycles. The van der Waals surface area contributed by atoms with Gasteiger partial charge in [0.25, 0.3) is 0 Å². The summed E-state index contributed by atoms with van der Waals surface area (Å²) < 4.78 is 38.8. The molecule has 2 aliphatic rings. The first-order valence-electron chi connectivity index (χ1n) is 15.6. The van der Waals surface area contributed by atoms with Crippen molar-refractivity contribution in [3.05, 3.63) is 64.2 Å². The van der Waals surface area contributed by atoms with E-state index < -0.39 is 29.7 Å². The predicted octanol–water partition coefficient (Wildman–Crippen LogP) is 7.47. The lowest BCUT2D eigenvalue weighted by molar-refractivity contribution is -0.336. The van der Waals surface area contributed by atoms with Crippen LogP contribution in [-0.2, 0) is 35.9 Å². The zero-order valence-corrected chi connectivity index (χ0v) is 26.4. The minimum Gasteiger partial charge on any atom is -0.494 e. The first-order chi connectivity index (χ1) is 20.5. The standard InChI is InChI=1S/C35H47ClO6/c1-6-11-20-38-31-32(39-21-12-7-2)34(9-4)25-41-35(42-34,33(31)40-22-13-8-3)28-16-19-30(36)27(24-28)23-26-14-17-29(18-15-26)37-10-5/h4,14-19,24,31-33H,6-8,10-13,20-23,25H2,1-3,5H3/t31-,32-,33+,34-,35-/m0/s1. The van der Waals surface area contributed by atoms with E-state index in [9.17, 15) is 0 Å². The number of halogens is 1. The highest BCUT2D eigenvalue weighted by Gasteiger charge is 2.69. The molecule has 6 nitrogen and oxygen atoms in total. The Bertz CT molecular complexity index is 1160. The highest BCUT2D eigenvalue weighted by molar-refractivity contribution is 6.31. The molecule has 0 aromatic heterocycles. The SMILES string of the molecule is C#C[C@@]12CO[C@@](c3ccc(Cl)c(Cc4ccc(OCC)cc4)c3)(O1)[C@H](OCCCC)[C@@H](OCCCC)[C@@H]2OCCCC. The van der Waals surface area contributed by atoms with Gasteiger partial charge in [-0.15, -0.1) is 6.42 Å². The fraction of sp³-hybridized carbons (Fsp3) is 0.600. The number of unbranched alkanes of at least 4 members (excludes halogenated alkanes) is 3. The fourth-order valence-electron chi connectivity index (χ4n) is 5.62. The summed E-state index contributed by atoms with van der Waals surface area (Å²) in [5.41, 5.74) is 1.77. The molecule has 2 aromatic carbocycles. The van der Waals surface area contributed by atoms with Crippen LogP contribution in [-0.4, -0.2) is 56.9 Å². The van der Waals surface area contributed by atoms with E-state index in [2.05, 4.69) is 44.9 Å². The number of hydrogen-bond acceptors (Lipinski definition) is 6. The van der Waals surface area contributed by atoms with Crippen LogP contribution in [0.2, 0.25) is 5.02 Å². The van der Waals surface area contributed by atoms with Crippen molar-refractivity contribution in [2.45, 2.75) is 102 Å². The minimum atomic E-state index is -1.26.